The molecular weight excluding hydrogens is 314 g/mol. The fourth-order valence-corrected chi connectivity index (χ4v) is 3.63. The maximum absolute atomic E-state index is 12.5. The van der Waals surface area contributed by atoms with Crippen LogP contribution in [-0.4, -0.2) is 46.4 Å². The summed E-state index contributed by atoms with van der Waals surface area (Å²) >= 11 is 1.91. The van der Waals surface area contributed by atoms with Crippen molar-refractivity contribution < 1.29 is 9.72 Å². The molecule has 0 bridgehead atoms. The first kappa shape index (κ1) is 17.7. The van der Waals surface area contributed by atoms with Crippen LogP contribution in [0.1, 0.15) is 31.9 Å². The lowest BCUT2D eigenvalue weighted by Crippen LogP contribution is -2.48. The van der Waals surface area contributed by atoms with Crippen molar-refractivity contribution in [2.24, 2.45) is 0 Å². The van der Waals surface area contributed by atoms with Gasteiger partial charge in [-0.2, -0.15) is 11.8 Å². The summed E-state index contributed by atoms with van der Waals surface area (Å²) in [7, 11) is 0. The van der Waals surface area contributed by atoms with Gasteiger partial charge in [-0.1, -0.05) is 19.1 Å². The van der Waals surface area contributed by atoms with Crippen LogP contribution < -0.4 is 5.32 Å². The first-order valence-corrected chi connectivity index (χ1v) is 9.05. The number of carbonyl (C=O) groups is 1. The van der Waals surface area contributed by atoms with E-state index in [2.05, 4.69) is 10.2 Å². The highest BCUT2D eigenvalue weighted by atomic mass is 32.2. The molecule has 1 aliphatic heterocycles. The molecule has 0 radical (unpaired) electrons. The van der Waals surface area contributed by atoms with Crippen molar-refractivity contribution in [3.63, 3.8) is 0 Å². The van der Waals surface area contributed by atoms with E-state index in [1.807, 2.05) is 31.7 Å². The smallest absolute Gasteiger partial charge is 0.269 e. The van der Waals surface area contributed by atoms with Crippen molar-refractivity contribution in [3.05, 3.63) is 39.9 Å². The minimum absolute atomic E-state index is 0.0183. The number of amides is 1. The Kier molecular flexibility index (Phi) is 6.41. The fourth-order valence-electron chi connectivity index (χ4n) is 2.70. The van der Waals surface area contributed by atoms with E-state index >= 15 is 0 Å². The standard InChI is InChI=1S/C16H23N3O3S/c1-3-15(13-5-4-6-14(11-13)19(21)22)17-16(20)12(2)18-7-9-23-10-8-18/h4-6,11-12,15H,3,7-10H2,1-2H3,(H,17,20)/t12-,15-/m0/s1. The summed E-state index contributed by atoms with van der Waals surface area (Å²) in [6, 6.07) is 6.10. The summed E-state index contributed by atoms with van der Waals surface area (Å²) in [6.45, 7) is 5.73. The highest BCUT2D eigenvalue weighted by molar-refractivity contribution is 7.99. The normalized spacial score (nSPS) is 18.2. The number of benzene rings is 1. The summed E-state index contributed by atoms with van der Waals surface area (Å²) in [4.78, 5) is 25.2. The lowest BCUT2D eigenvalue weighted by Gasteiger charge is -2.32. The maximum Gasteiger partial charge on any atom is 0.269 e. The second kappa shape index (κ2) is 8.31. The second-order valence-corrected chi connectivity index (χ2v) is 6.87. The van der Waals surface area contributed by atoms with Crippen molar-refractivity contribution in [2.45, 2.75) is 32.4 Å². The highest BCUT2D eigenvalue weighted by Crippen LogP contribution is 2.22. The molecule has 0 aliphatic carbocycles. The van der Waals surface area contributed by atoms with Gasteiger partial charge in [0, 0.05) is 36.7 Å². The zero-order valence-corrected chi connectivity index (χ0v) is 14.3. The van der Waals surface area contributed by atoms with Gasteiger partial charge >= 0.3 is 0 Å². The zero-order chi connectivity index (χ0) is 16.8. The van der Waals surface area contributed by atoms with E-state index in [1.165, 1.54) is 12.1 Å². The monoisotopic (exact) mass is 337 g/mol. The van der Waals surface area contributed by atoms with Crippen LogP contribution in [0.25, 0.3) is 0 Å². The van der Waals surface area contributed by atoms with E-state index < -0.39 is 4.92 Å². The van der Waals surface area contributed by atoms with Crippen molar-refractivity contribution in [1.82, 2.24) is 10.2 Å². The number of nitro benzene ring substituents is 1. The molecule has 23 heavy (non-hydrogen) atoms. The summed E-state index contributed by atoms with van der Waals surface area (Å²) in [5.74, 6) is 2.09. The average Bonchev–Trinajstić information content (AvgIpc) is 2.59. The summed E-state index contributed by atoms with van der Waals surface area (Å²) in [6.07, 6.45) is 0.690. The number of carbonyl (C=O) groups excluding carboxylic acids is 1. The maximum atomic E-state index is 12.5. The molecule has 6 nitrogen and oxygen atoms in total. The molecule has 0 saturated carbocycles. The van der Waals surface area contributed by atoms with Crippen LogP contribution in [0.5, 0.6) is 0 Å². The van der Waals surface area contributed by atoms with Gasteiger partial charge in [0.25, 0.3) is 5.69 Å². The lowest BCUT2D eigenvalue weighted by molar-refractivity contribution is -0.384. The van der Waals surface area contributed by atoms with Crippen LogP contribution in [0.15, 0.2) is 24.3 Å². The van der Waals surface area contributed by atoms with E-state index in [-0.39, 0.29) is 23.7 Å². The second-order valence-electron chi connectivity index (χ2n) is 5.65. The van der Waals surface area contributed by atoms with E-state index in [0.29, 0.717) is 6.42 Å². The molecule has 2 atom stereocenters. The van der Waals surface area contributed by atoms with E-state index in [1.54, 1.807) is 6.07 Å². The Morgan fingerprint density at radius 1 is 1.43 bits per heavy atom. The number of non-ortho nitro benzene ring substituents is 1. The topological polar surface area (TPSA) is 75.5 Å². The van der Waals surface area contributed by atoms with Gasteiger partial charge in [-0.25, -0.2) is 0 Å². The Hall–Kier alpha value is -1.60. The van der Waals surface area contributed by atoms with E-state index in [0.717, 1.165) is 30.2 Å². The van der Waals surface area contributed by atoms with Gasteiger partial charge in [-0.05, 0) is 18.9 Å². The Balaban J connectivity index is 2.04. The molecule has 0 aromatic heterocycles. The molecule has 1 N–H and O–H groups in total. The predicted octanol–water partition coefficient (Wildman–Crippen LogP) is 2.60. The SMILES string of the molecule is CC[C@H](NC(=O)[C@H](C)N1CCSCC1)c1cccc([N+](=O)[O-])c1. The van der Waals surface area contributed by atoms with Crippen LogP contribution in [0.3, 0.4) is 0 Å². The summed E-state index contributed by atoms with van der Waals surface area (Å²) in [5.41, 5.74) is 0.827. The molecule has 1 amide bonds. The van der Waals surface area contributed by atoms with Crippen LogP contribution in [0.4, 0.5) is 5.69 Å². The van der Waals surface area contributed by atoms with Gasteiger partial charge in [0.15, 0.2) is 0 Å². The van der Waals surface area contributed by atoms with Gasteiger partial charge in [0.1, 0.15) is 0 Å². The predicted molar refractivity (Wildman–Crippen MR) is 92.6 cm³/mol. The Bertz CT molecular complexity index is 561. The van der Waals surface area contributed by atoms with E-state index in [9.17, 15) is 14.9 Å². The number of nitrogens with one attached hydrogen (secondary N) is 1. The fraction of sp³-hybridized carbons (Fsp3) is 0.562. The molecule has 126 valence electrons. The quantitative estimate of drug-likeness (QED) is 0.638. The molecule has 0 unspecified atom stereocenters. The lowest BCUT2D eigenvalue weighted by atomic mass is 10.0. The molecule has 1 aliphatic rings. The molecule has 1 heterocycles. The van der Waals surface area contributed by atoms with Crippen LogP contribution in [0, 0.1) is 10.1 Å². The number of thioether (sulfide) groups is 1. The third-order valence-corrected chi connectivity index (χ3v) is 5.12. The molecule has 1 saturated heterocycles. The van der Waals surface area contributed by atoms with Gasteiger partial charge < -0.3 is 5.32 Å². The Labute approximate surface area is 140 Å². The van der Waals surface area contributed by atoms with Crippen LogP contribution >= 0.6 is 11.8 Å². The molecule has 7 heteroatoms. The van der Waals surface area contributed by atoms with Crippen molar-refractivity contribution in [2.75, 3.05) is 24.6 Å². The molecule has 1 fully saturated rings. The molecule has 2 rings (SSSR count). The van der Waals surface area contributed by atoms with Gasteiger partial charge in [0.2, 0.25) is 5.91 Å². The number of nitro groups is 1. The Morgan fingerprint density at radius 2 is 2.13 bits per heavy atom. The molecule has 1 aromatic carbocycles. The average molecular weight is 337 g/mol. The number of rotatable bonds is 6. The molecule has 1 aromatic rings. The number of nitrogens with zero attached hydrogens (tertiary/aromatic N) is 2. The van der Waals surface area contributed by atoms with Gasteiger partial charge in [0.05, 0.1) is 17.0 Å². The van der Waals surface area contributed by atoms with Gasteiger partial charge in [-0.15, -0.1) is 0 Å². The number of hydrogen-bond acceptors (Lipinski definition) is 5. The summed E-state index contributed by atoms with van der Waals surface area (Å²) < 4.78 is 0. The first-order chi connectivity index (χ1) is 11.0. The number of hydrogen-bond donors (Lipinski definition) is 1. The minimum atomic E-state index is -0.411. The van der Waals surface area contributed by atoms with Gasteiger partial charge in [-0.3, -0.25) is 19.8 Å². The molecular formula is C16H23N3O3S. The van der Waals surface area contributed by atoms with Crippen LogP contribution in [0.2, 0.25) is 0 Å². The molecule has 0 spiro atoms. The third kappa shape index (κ3) is 4.68. The van der Waals surface area contributed by atoms with Crippen molar-refractivity contribution in [1.29, 1.82) is 0 Å². The first-order valence-electron chi connectivity index (χ1n) is 7.89. The van der Waals surface area contributed by atoms with Crippen LogP contribution in [-0.2, 0) is 4.79 Å². The van der Waals surface area contributed by atoms with Crippen molar-refractivity contribution >= 4 is 23.4 Å². The van der Waals surface area contributed by atoms with Crippen molar-refractivity contribution in [3.8, 4) is 0 Å². The Morgan fingerprint density at radius 3 is 2.74 bits per heavy atom. The summed E-state index contributed by atoms with van der Waals surface area (Å²) in [5, 5.41) is 13.9. The minimum Gasteiger partial charge on any atom is -0.348 e. The zero-order valence-electron chi connectivity index (χ0n) is 13.5. The highest BCUT2D eigenvalue weighted by Gasteiger charge is 2.25. The van der Waals surface area contributed by atoms with E-state index in [4.69, 9.17) is 0 Å². The third-order valence-electron chi connectivity index (χ3n) is 4.18. The largest absolute Gasteiger partial charge is 0.348 e.